The molecule has 18 heavy (non-hydrogen) atoms. The monoisotopic (exact) mass is 253 g/mol. The summed E-state index contributed by atoms with van der Waals surface area (Å²) in [7, 11) is 0. The van der Waals surface area contributed by atoms with E-state index in [0.717, 1.165) is 51.3 Å². The lowest BCUT2D eigenvalue weighted by atomic mass is 10.1. The van der Waals surface area contributed by atoms with E-state index in [1.807, 2.05) is 10.9 Å². The number of rotatable bonds is 6. The zero-order valence-corrected chi connectivity index (χ0v) is 11.1. The van der Waals surface area contributed by atoms with Crippen molar-refractivity contribution in [1.82, 2.24) is 19.9 Å². The molecule has 1 fully saturated rings. The molecule has 6 nitrogen and oxygen atoms in total. The molecule has 102 valence electrons. The van der Waals surface area contributed by atoms with E-state index in [-0.39, 0.29) is 0 Å². The molecule has 0 radical (unpaired) electrons. The minimum atomic E-state index is 0.444. The van der Waals surface area contributed by atoms with Crippen LogP contribution in [0.4, 0.5) is 0 Å². The van der Waals surface area contributed by atoms with Crippen LogP contribution in [0, 0.1) is 0 Å². The van der Waals surface area contributed by atoms with Crippen LogP contribution in [0.15, 0.2) is 6.20 Å². The van der Waals surface area contributed by atoms with Crippen molar-refractivity contribution in [3.63, 3.8) is 0 Å². The van der Waals surface area contributed by atoms with Gasteiger partial charge in [-0.05, 0) is 19.8 Å². The molecular formula is C12H23N5O. The van der Waals surface area contributed by atoms with Crippen molar-refractivity contribution >= 4 is 0 Å². The number of nitrogens with two attached hydrogens (primary N) is 1. The summed E-state index contributed by atoms with van der Waals surface area (Å²) in [5.74, 6) is 0. The van der Waals surface area contributed by atoms with Crippen LogP contribution in [0.2, 0.25) is 0 Å². The van der Waals surface area contributed by atoms with Gasteiger partial charge in [-0.3, -0.25) is 9.58 Å². The third-order valence-corrected chi connectivity index (χ3v) is 3.27. The number of aromatic nitrogens is 3. The Hall–Kier alpha value is -0.980. The van der Waals surface area contributed by atoms with Crippen molar-refractivity contribution in [2.75, 3.05) is 26.2 Å². The van der Waals surface area contributed by atoms with Gasteiger partial charge < -0.3 is 10.5 Å². The number of piperidine rings is 1. The molecule has 0 saturated carbocycles. The molecule has 1 aromatic rings. The van der Waals surface area contributed by atoms with E-state index >= 15 is 0 Å². The van der Waals surface area contributed by atoms with Gasteiger partial charge in [0, 0.05) is 39.0 Å². The van der Waals surface area contributed by atoms with E-state index in [2.05, 4.69) is 22.1 Å². The molecule has 0 unspecified atom stereocenters. The lowest BCUT2D eigenvalue weighted by molar-refractivity contribution is 0.0122. The van der Waals surface area contributed by atoms with Crippen molar-refractivity contribution in [2.24, 2.45) is 5.73 Å². The molecule has 6 heteroatoms. The van der Waals surface area contributed by atoms with Crippen molar-refractivity contribution in [3.8, 4) is 0 Å². The SMILES string of the molecule is CCOC1CCN(Cc2cn(CCN)nn2)CC1. The van der Waals surface area contributed by atoms with Gasteiger partial charge >= 0.3 is 0 Å². The number of likely N-dealkylation sites (tertiary alicyclic amines) is 1. The third-order valence-electron chi connectivity index (χ3n) is 3.27. The molecule has 2 rings (SSSR count). The van der Waals surface area contributed by atoms with Crippen molar-refractivity contribution in [3.05, 3.63) is 11.9 Å². The quantitative estimate of drug-likeness (QED) is 0.786. The maximum absolute atomic E-state index is 5.64. The largest absolute Gasteiger partial charge is 0.378 e. The summed E-state index contributed by atoms with van der Waals surface area (Å²) < 4.78 is 7.45. The molecule has 2 heterocycles. The standard InChI is InChI=1S/C12H23N5O/c1-2-18-12-3-6-16(7-4-12)9-11-10-17(8-5-13)15-14-11/h10,12H,2-9,13H2,1H3. The highest BCUT2D eigenvalue weighted by Gasteiger charge is 2.19. The van der Waals surface area contributed by atoms with Gasteiger partial charge in [0.15, 0.2) is 0 Å². The molecule has 0 aromatic carbocycles. The van der Waals surface area contributed by atoms with Crippen LogP contribution in [-0.4, -0.2) is 52.2 Å². The van der Waals surface area contributed by atoms with Gasteiger partial charge in [-0.2, -0.15) is 0 Å². The first-order chi connectivity index (χ1) is 8.81. The first kappa shape index (κ1) is 13.5. The second kappa shape index (κ2) is 6.82. The molecule has 1 saturated heterocycles. The van der Waals surface area contributed by atoms with Crippen LogP contribution < -0.4 is 5.73 Å². The van der Waals surface area contributed by atoms with Crippen LogP contribution in [0.3, 0.4) is 0 Å². The maximum atomic E-state index is 5.64. The number of nitrogens with zero attached hydrogens (tertiary/aromatic N) is 4. The van der Waals surface area contributed by atoms with Gasteiger partial charge in [0.25, 0.3) is 0 Å². The van der Waals surface area contributed by atoms with Gasteiger partial charge in [0.05, 0.1) is 18.3 Å². The van der Waals surface area contributed by atoms with Gasteiger partial charge in [0.2, 0.25) is 0 Å². The van der Waals surface area contributed by atoms with Crippen LogP contribution in [-0.2, 0) is 17.8 Å². The van der Waals surface area contributed by atoms with Crippen molar-refractivity contribution in [2.45, 2.75) is 39.0 Å². The fourth-order valence-corrected chi connectivity index (χ4v) is 2.35. The Labute approximate surface area is 108 Å². The highest BCUT2D eigenvalue weighted by atomic mass is 16.5. The summed E-state index contributed by atoms with van der Waals surface area (Å²) in [6.07, 6.45) is 4.66. The smallest absolute Gasteiger partial charge is 0.0967 e. The van der Waals surface area contributed by atoms with Crippen molar-refractivity contribution in [1.29, 1.82) is 0 Å². The number of hydrogen-bond acceptors (Lipinski definition) is 5. The predicted octanol–water partition coefficient (Wildman–Crippen LogP) is 0.238. The topological polar surface area (TPSA) is 69.2 Å². The summed E-state index contributed by atoms with van der Waals surface area (Å²) in [6.45, 7) is 7.24. The first-order valence-corrected chi connectivity index (χ1v) is 6.75. The van der Waals surface area contributed by atoms with Crippen LogP contribution in [0.5, 0.6) is 0 Å². The van der Waals surface area contributed by atoms with E-state index in [9.17, 15) is 0 Å². The molecule has 0 spiro atoms. The summed E-state index contributed by atoms with van der Waals surface area (Å²) in [6, 6.07) is 0. The summed E-state index contributed by atoms with van der Waals surface area (Å²) in [4.78, 5) is 2.41. The minimum Gasteiger partial charge on any atom is -0.378 e. The van der Waals surface area contributed by atoms with E-state index in [1.165, 1.54) is 0 Å². The minimum absolute atomic E-state index is 0.444. The summed E-state index contributed by atoms with van der Waals surface area (Å²) >= 11 is 0. The summed E-state index contributed by atoms with van der Waals surface area (Å²) in [5, 5.41) is 8.22. The zero-order valence-electron chi connectivity index (χ0n) is 11.1. The van der Waals surface area contributed by atoms with Gasteiger partial charge in [-0.15, -0.1) is 5.10 Å². The molecule has 0 aliphatic carbocycles. The van der Waals surface area contributed by atoms with E-state index in [1.54, 1.807) is 0 Å². The second-order valence-electron chi connectivity index (χ2n) is 4.69. The Bertz CT molecular complexity index is 346. The van der Waals surface area contributed by atoms with Gasteiger partial charge in [0.1, 0.15) is 0 Å². The summed E-state index contributed by atoms with van der Waals surface area (Å²) in [5.41, 5.74) is 6.51. The molecular weight excluding hydrogens is 230 g/mol. The second-order valence-corrected chi connectivity index (χ2v) is 4.69. The highest BCUT2D eigenvalue weighted by Crippen LogP contribution is 2.15. The van der Waals surface area contributed by atoms with Crippen LogP contribution >= 0.6 is 0 Å². The molecule has 1 aromatic heterocycles. The Morgan fingerprint density at radius 3 is 2.89 bits per heavy atom. The van der Waals surface area contributed by atoms with Crippen LogP contribution in [0.1, 0.15) is 25.5 Å². The molecule has 2 N–H and O–H groups in total. The Balaban J connectivity index is 1.76. The predicted molar refractivity (Wildman–Crippen MR) is 69.0 cm³/mol. The first-order valence-electron chi connectivity index (χ1n) is 6.75. The molecule has 0 bridgehead atoms. The normalized spacial score (nSPS) is 18.3. The lowest BCUT2D eigenvalue weighted by Crippen LogP contribution is -2.36. The van der Waals surface area contributed by atoms with Crippen LogP contribution in [0.25, 0.3) is 0 Å². The van der Waals surface area contributed by atoms with Crippen molar-refractivity contribution < 1.29 is 4.74 Å². The Kier molecular flexibility index (Phi) is 5.10. The highest BCUT2D eigenvalue weighted by molar-refractivity contribution is 4.93. The molecule has 0 atom stereocenters. The zero-order chi connectivity index (χ0) is 12.8. The Morgan fingerprint density at radius 1 is 1.44 bits per heavy atom. The lowest BCUT2D eigenvalue weighted by Gasteiger charge is -2.30. The molecule has 1 aliphatic heterocycles. The van der Waals surface area contributed by atoms with E-state index in [0.29, 0.717) is 12.6 Å². The molecule has 0 amide bonds. The van der Waals surface area contributed by atoms with Gasteiger partial charge in [-0.25, -0.2) is 0 Å². The number of ether oxygens (including phenoxy) is 1. The number of hydrogen-bond donors (Lipinski definition) is 1. The fourth-order valence-electron chi connectivity index (χ4n) is 2.35. The Morgan fingerprint density at radius 2 is 2.22 bits per heavy atom. The van der Waals surface area contributed by atoms with E-state index in [4.69, 9.17) is 10.5 Å². The average molecular weight is 253 g/mol. The maximum Gasteiger partial charge on any atom is 0.0967 e. The molecule has 1 aliphatic rings. The van der Waals surface area contributed by atoms with E-state index < -0.39 is 0 Å². The average Bonchev–Trinajstić information content (AvgIpc) is 2.80. The van der Waals surface area contributed by atoms with Gasteiger partial charge in [-0.1, -0.05) is 5.21 Å². The fraction of sp³-hybridized carbons (Fsp3) is 0.833. The third kappa shape index (κ3) is 3.76.